The zero-order chi connectivity index (χ0) is 15.8. The minimum absolute atomic E-state index is 0.103. The summed E-state index contributed by atoms with van der Waals surface area (Å²) in [4.78, 5) is 11.2. The fourth-order valence-corrected chi connectivity index (χ4v) is 2.25. The third kappa shape index (κ3) is 4.62. The van der Waals surface area contributed by atoms with Gasteiger partial charge in [-0.2, -0.15) is 0 Å². The van der Waals surface area contributed by atoms with Crippen molar-refractivity contribution in [2.45, 2.75) is 26.7 Å². The van der Waals surface area contributed by atoms with Crippen LogP contribution < -0.4 is 10.1 Å². The van der Waals surface area contributed by atoms with Gasteiger partial charge in [0.2, 0.25) is 5.91 Å². The van der Waals surface area contributed by atoms with Gasteiger partial charge in [0.05, 0.1) is 6.61 Å². The van der Waals surface area contributed by atoms with E-state index in [4.69, 9.17) is 4.74 Å². The fraction of sp³-hybridized carbons (Fsp3) is 0.316. The normalized spacial score (nSPS) is 10.3. The molecular weight excluding hydrogens is 274 g/mol. The molecule has 0 fully saturated rings. The first-order chi connectivity index (χ1) is 10.7. The molecule has 0 aliphatic carbocycles. The third-order valence-corrected chi connectivity index (χ3v) is 3.51. The molecule has 0 aliphatic heterocycles. The molecule has 3 nitrogen and oxygen atoms in total. The average molecular weight is 297 g/mol. The highest BCUT2D eigenvalue weighted by atomic mass is 16.5. The third-order valence-electron chi connectivity index (χ3n) is 3.51. The highest BCUT2D eigenvalue weighted by Crippen LogP contribution is 2.22. The summed E-state index contributed by atoms with van der Waals surface area (Å²) in [5.74, 6) is 1.00. The first-order valence-electron chi connectivity index (χ1n) is 7.81. The van der Waals surface area contributed by atoms with Crippen LogP contribution in [0.25, 0.3) is 11.1 Å². The average Bonchev–Trinajstić information content (AvgIpc) is 2.56. The maximum absolute atomic E-state index is 11.2. The molecule has 2 aromatic rings. The molecule has 1 amide bonds. The van der Waals surface area contributed by atoms with Crippen molar-refractivity contribution in [3.63, 3.8) is 0 Å². The lowest BCUT2D eigenvalue weighted by Gasteiger charge is -2.07. The van der Waals surface area contributed by atoms with Gasteiger partial charge in [-0.3, -0.25) is 4.79 Å². The number of hydrogen-bond acceptors (Lipinski definition) is 2. The van der Waals surface area contributed by atoms with E-state index in [0.29, 0.717) is 19.6 Å². The van der Waals surface area contributed by atoms with Crippen LogP contribution in [0.5, 0.6) is 5.75 Å². The molecule has 22 heavy (non-hydrogen) atoms. The number of amides is 1. The number of hydrogen-bond donors (Lipinski definition) is 1. The van der Waals surface area contributed by atoms with Crippen molar-refractivity contribution in [1.82, 2.24) is 5.32 Å². The van der Waals surface area contributed by atoms with E-state index >= 15 is 0 Å². The van der Waals surface area contributed by atoms with Gasteiger partial charge in [0, 0.05) is 13.0 Å². The van der Waals surface area contributed by atoms with Gasteiger partial charge in [-0.25, -0.2) is 0 Å². The number of rotatable bonds is 7. The summed E-state index contributed by atoms with van der Waals surface area (Å²) in [6, 6.07) is 16.6. The molecule has 0 atom stereocenters. The van der Waals surface area contributed by atoms with Crippen molar-refractivity contribution >= 4 is 5.91 Å². The molecule has 0 heterocycles. The molecule has 2 rings (SSSR count). The zero-order valence-corrected chi connectivity index (χ0v) is 13.3. The van der Waals surface area contributed by atoms with E-state index in [1.54, 1.807) is 0 Å². The van der Waals surface area contributed by atoms with Crippen molar-refractivity contribution < 1.29 is 9.53 Å². The second-order valence-electron chi connectivity index (χ2n) is 5.11. The Morgan fingerprint density at radius 3 is 2.09 bits per heavy atom. The van der Waals surface area contributed by atoms with Gasteiger partial charge < -0.3 is 10.1 Å². The Hall–Kier alpha value is -2.29. The molecule has 0 radical (unpaired) electrons. The summed E-state index contributed by atoms with van der Waals surface area (Å²) in [6.45, 7) is 5.22. The highest BCUT2D eigenvalue weighted by Gasteiger charge is 2.00. The van der Waals surface area contributed by atoms with Crippen molar-refractivity contribution in [2.24, 2.45) is 0 Å². The van der Waals surface area contributed by atoms with Crippen molar-refractivity contribution in [3.8, 4) is 16.9 Å². The van der Waals surface area contributed by atoms with Gasteiger partial charge in [-0.05, 0) is 42.2 Å². The van der Waals surface area contributed by atoms with Gasteiger partial charge >= 0.3 is 0 Å². The van der Waals surface area contributed by atoms with E-state index in [9.17, 15) is 4.79 Å². The van der Waals surface area contributed by atoms with E-state index in [1.165, 1.54) is 16.7 Å². The maximum Gasteiger partial charge on any atom is 0.219 e. The molecule has 0 aromatic heterocycles. The zero-order valence-electron chi connectivity index (χ0n) is 13.3. The van der Waals surface area contributed by atoms with Crippen LogP contribution in [-0.4, -0.2) is 19.1 Å². The SMILES string of the molecule is CCOc1ccc(-c2ccc(CCNC(=O)CC)cc2)cc1. The van der Waals surface area contributed by atoms with E-state index in [-0.39, 0.29) is 5.91 Å². The van der Waals surface area contributed by atoms with Crippen LogP contribution in [0.15, 0.2) is 48.5 Å². The first-order valence-corrected chi connectivity index (χ1v) is 7.81. The van der Waals surface area contributed by atoms with Crippen LogP contribution in [0.2, 0.25) is 0 Å². The lowest BCUT2D eigenvalue weighted by molar-refractivity contribution is -0.120. The van der Waals surface area contributed by atoms with Gasteiger partial charge in [-0.1, -0.05) is 43.3 Å². The summed E-state index contributed by atoms with van der Waals surface area (Å²) in [5, 5.41) is 2.89. The minimum atomic E-state index is 0.103. The molecule has 0 saturated carbocycles. The van der Waals surface area contributed by atoms with Crippen LogP contribution in [0.3, 0.4) is 0 Å². The van der Waals surface area contributed by atoms with Gasteiger partial charge in [0.15, 0.2) is 0 Å². The Kier molecular flexibility index (Phi) is 6.01. The van der Waals surface area contributed by atoms with E-state index in [0.717, 1.165) is 12.2 Å². The number of ether oxygens (including phenoxy) is 1. The molecule has 3 heteroatoms. The van der Waals surface area contributed by atoms with Crippen molar-refractivity contribution in [1.29, 1.82) is 0 Å². The van der Waals surface area contributed by atoms with Crippen LogP contribution in [0.1, 0.15) is 25.8 Å². The Labute approximate surface area is 132 Å². The predicted octanol–water partition coefficient (Wildman–Crippen LogP) is 3.82. The molecule has 116 valence electrons. The second-order valence-corrected chi connectivity index (χ2v) is 5.11. The maximum atomic E-state index is 11.2. The molecule has 0 spiro atoms. The van der Waals surface area contributed by atoms with Gasteiger partial charge in [0.1, 0.15) is 5.75 Å². The lowest BCUT2D eigenvalue weighted by Crippen LogP contribution is -2.24. The molecule has 0 aliphatic rings. The molecule has 1 N–H and O–H groups in total. The summed E-state index contributed by atoms with van der Waals surface area (Å²) in [5.41, 5.74) is 3.59. The predicted molar refractivity (Wildman–Crippen MR) is 90.1 cm³/mol. The topological polar surface area (TPSA) is 38.3 Å². The number of carbonyl (C=O) groups is 1. The first kappa shape index (κ1) is 16.1. The largest absolute Gasteiger partial charge is 0.494 e. The molecule has 2 aromatic carbocycles. The van der Waals surface area contributed by atoms with E-state index in [2.05, 4.69) is 41.7 Å². The molecule has 0 bridgehead atoms. The summed E-state index contributed by atoms with van der Waals surface area (Å²) >= 11 is 0. The molecule has 0 saturated heterocycles. The smallest absolute Gasteiger partial charge is 0.219 e. The Morgan fingerprint density at radius 1 is 0.955 bits per heavy atom. The Balaban J connectivity index is 1.94. The Morgan fingerprint density at radius 2 is 1.55 bits per heavy atom. The minimum Gasteiger partial charge on any atom is -0.494 e. The van der Waals surface area contributed by atoms with Gasteiger partial charge in [-0.15, -0.1) is 0 Å². The highest BCUT2D eigenvalue weighted by molar-refractivity contribution is 5.75. The fourth-order valence-electron chi connectivity index (χ4n) is 2.25. The van der Waals surface area contributed by atoms with E-state index < -0.39 is 0 Å². The van der Waals surface area contributed by atoms with Crippen molar-refractivity contribution in [3.05, 3.63) is 54.1 Å². The van der Waals surface area contributed by atoms with Crippen LogP contribution in [-0.2, 0) is 11.2 Å². The van der Waals surface area contributed by atoms with Crippen molar-refractivity contribution in [2.75, 3.05) is 13.2 Å². The summed E-state index contributed by atoms with van der Waals surface area (Å²) < 4.78 is 5.45. The summed E-state index contributed by atoms with van der Waals surface area (Å²) in [7, 11) is 0. The Bertz CT molecular complexity index is 588. The quantitative estimate of drug-likeness (QED) is 0.843. The second kappa shape index (κ2) is 8.23. The lowest BCUT2D eigenvalue weighted by atomic mass is 10.0. The van der Waals surface area contributed by atoms with Crippen LogP contribution in [0.4, 0.5) is 0 Å². The standard InChI is InChI=1S/C19H23NO2/c1-3-19(21)20-14-13-15-5-7-16(8-6-15)17-9-11-18(12-10-17)22-4-2/h5-12H,3-4,13-14H2,1-2H3,(H,20,21). The molecular formula is C19H23NO2. The molecule has 0 unspecified atom stereocenters. The van der Waals surface area contributed by atoms with Crippen LogP contribution >= 0.6 is 0 Å². The van der Waals surface area contributed by atoms with E-state index in [1.807, 2.05) is 26.0 Å². The summed E-state index contributed by atoms with van der Waals surface area (Å²) in [6.07, 6.45) is 1.39. The van der Waals surface area contributed by atoms with Gasteiger partial charge in [0.25, 0.3) is 0 Å². The number of nitrogens with one attached hydrogen (secondary N) is 1. The number of carbonyl (C=O) groups excluding carboxylic acids is 1. The monoisotopic (exact) mass is 297 g/mol. The number of benzene rings is 2. The van der Waals surface area contributed by atoms with Crippen LogP contribution in [0, 0.1) is 0 Å².